The van der Waals surface area contributed by atoms with Crippen molar-refractivity contribution in [2.75, 3.05) is 0 Å². The number of rotatable bonds is 3. The molecule has 3 rings (SSSR count). The molecule has 3 nitrogen and oxygen atoms in total. The molecule has 1 heterocycles. The zero-order chi connectivity index (χ0) is 18.0. The molecule has 1 amide bonds. The summed E-state index contributed by atoms with van der Waals surface area (Å²) in [6.45, 7) is 1.80. The van der Waals surface area contributed by atoms with Gasteiger partial charge in [-0.15, -0.1) is 0 Å². The third-order valence-electron chi connectivity index (χ3n) is 4.57. The number of hydrogen-bond donors (Lipinski definition) is 1. The quantitative estimate of drug-likeness (QED) is 0.876. The van der Waals surface area contributed by atoms with Crippen LogP contribution in [0.1, 0.15) is 48.9 Å². The number of benzene rings is 1. The average molecular weight is 348 g/mol. The molecule has 0 bridgehead atoms. The molecule has 1 atom stereocenters. The molecule has 25 heavy (non-hydrogen) atoms. The van der Waals surface area contributed by atoms with Crippen LogP contribution in [0.15, 0.2) is 36.7 Å². The van der Waals surface area contributed by atoms with Gasteiger partial charge in [0, 0.05) is 24.4 Å². The van der Waals surface area contributed by atoms with Crippen molar-refractivity contribution < 1.29 is 18.0 Å². The second-order valence-electron chi connectivity index (χ2n) is 6.20. The molecule has 0 fully saturated rings. The number of amides is 1. The molecule has 1 aliphatic carbocycles. The van der Waals surface area contributed by atoms with E-state index in [1.807, 2.05) is 0 Å². The van der Waals surface area contributed by atoms with Crippen LogP contribution in [0.5, 0.6) is 0 Å². The maximum absolute atomic E-state index is 12.7. The van der Waals surface area contributed by atoms with E-state index >= 15 is 0 Å². The Morgan fingerprint density at radius 1 is 1.24 bits per heavy atom. The van der Waals surface area contributed by atoms with Gasteiger partial charge in [0.15, 0.2) is 0 Å². The summed E-state index contributed by atoms with van der Waals surface area (Å²) in [4.78, 5) is 16.0. The SMILES string of the molecule is CCC(=O)NC1CCCc2c(-c3ccc(C(F)(F)F)cc3)cncc21. The number of hydrogen-bond acceptors (Lipinski definition) is 2. The summed E-state index contributed by atoms with van der Waals surface area (Å²) in [5, 5.41) is 3.00. The van der Waals surface area contributed by atoms with Crippen LogP contribution in [0.25, 0.3) is 11.1 Å². The highest BCUT2D eigenvalue weighted by Crippen LogP contribution is 2.37. The predicted octanol–water partition coefficient (Wildman–Crippen LogP) is 4.67. The standard InChI is InChI=1S/C19H19F3N2O/c1-2-18(25)24-17-5-3-4-14-15(10-23-11-16(14)17)12-6-8-13(9-7-12)19(20,21)22/h6-11,17H,2-5H2,1H3,(H,24,25). The normalized spacial score (nSPS) is 17.0. The van der Waals surface area contributed by atoms with Crippen LogP contribution in [0.2, 0.25) is 0 Å². The maximum Gasteiger partial charge on any atom is 0.416 e. The van der Waals surface area contributed by atoms with Gasteiger partial charge < -0.3 is 5.32 Å². The van der Waals surface area contributed by atoms with E-state index in [1.54, 1.807) is 19.3 Å². The first-order chi connectivity index (χ1) is 11.9. The number of halogens is 3. The van der Waals surface area contributed by atoms with Crippen LogP contribution in [0, 0.1) is 0 Å². The Balaban J connectivity index is 1.96. The summed E-state index contributed by atoms with van der Waals surface area (Å²) in [5.41, 5.74) is 2.90. The minimum atomic E-state index is -4.34. The van der Waals surface area contributed by atoms with Crippen LogP contribution in [-0.2, 0) is 17.4 Å². The highest BCUT2D eigenvalue weighted by atomic mass is 19.4. The Hall–Kier alpha value is -2.37. The summed E-state index contributed by atoms with van der Waals surface area (Å²) in [5.74, 6) is -0.0159. The Morgan fingerprint density at radius 2 is 1.96 bits per heavy atom. The Bertz CT molecular complexity index is 769. The molecule has 0 saturated heterocycles. The van der Waals surface area contributed by atoms with Gasteiger partial charge >= 0.3 is 6.18 Å². The first kappa shape index (κ1) is 17.5. The van der Waals surface area contributed by atoms with Gasteiger partial charge in [0.25, 0.3) is 0 Å². The van der Waals surface area contributed by atoms with Crippen molar-refractivity contribution in [3.8, 4) is 11.1 Å². The molecule has 1 aromatic heterocycles. The lowest BCUT2D eigenvalue weighted by molar-refractivity contribution is -0.137. The number of alkyl halides is 3. The van der Waals surface area contributed by atoms with Crippen molar-refractivity contribution in [3.63, 3.8) is 0 Å². The largest absolute Gasteiger partial charge is 0.416 e. The lowest BCUT2D eigenvalue weighted by Gasteiger charge is -2.27. The van der Waals surface area contributed by atoms with Crippen LogP contribution < -0.4 is 5.32 Å². The Kier molecular flexibility index (Phi) is 4.79. The lowest BCUT2D eigenvalue weighted by atomic mass is 9.84. The predicted molar refractivity (Wildman–Crippen MR) is 88.8 cm³/mol. The molecule has 0 aliphatic heterocycles. The second kappa shape index (κ2) is 6.86. The molecule has 0 radical (unpaired) electrons. The first-order valence-electron chi connectivity index (χ1n) is 8.34. The first-order valence-corrected chi connectivity index (χ1v) is 8.34. The zero-order valence-corrected chi connectivity index (χ0v) is 13.9. The van der Waals surface area contributed by atoms with E-state index in [4.69, 9.17) is 0 Å². The van der Waals surface area contributed by atoms with E-state index in [9.17, 15) is 18.0 Å². The fraction of sp³-hybridized carbons (Fsp3) is 0.368. The Labute approximate surface area is 144 Å². The fourth-order valence-electron chi connectivity index (χ4n) is 3.26. The summed E-state index contributed by atoms with van der Waals surface area (Å²) in [7, 11) is 0. The minimum Gasteiger partial charge on any atom is -0.349 e. The van der Waals surface area contributed by atoms with Gasteiger partial charge in [0.1, 0.15) is 0 Å². The van der Waals surface area contributed by atoms with E-state index < -0.39 is 11.7 Å². The van der Waals surface area contributed by atoms with Gasteiger partial charge in [-0.2, -0.15) is 13.2 Å². The van der Waals surface area contributed by atoms with Gasteiger partial charge in [-0.25, -0.2) is 0 Å². The second-order valence-corrected chi connectivity index (χ2v) is 6.20. The van der Waals surface area contributed by atoms with Gasteiger partial charge in [-0.3, -0.25) is 9.78 Å². The van der Waals surface area contributed by atoms with Crippen molar-refractivity contribution >= 4 is 5.91 Å². The van der Waals surface area contributed by atoms with Gasteiger partial charge in [0.2, 0.25) is 5.91 Å². The molecule has 1 aromatic carbocycles. The van der Waals surface area contributed by atoms with Crippen molar-refractivity contribution in [1.82, 2.24) is 10.3 Å². The number of carbonyl (C=O) groups excluding carboxylic acids is 1. The van der Waals surface area contributed by atoms with Crippen molar-refractivity contribution in [1.29, 1.82) is 0 Å². The van der Waals surface area contributed by atoms with E-state index in [0.717, 1.165) is 48.1 Å². The van der Waals surface area contributed by atoms with E-state index in [-0.39, 0.29) is 11.9 Å². The summed E-state index contributed by atoms with van der Waals surface area (Å²) >= 11 is 0. The number of pyridine rings is 1. The lowest BCUT2D eigenvalue weighted by Crippen LogP contribution is -2.30. The third-order valence-corrected chi connectivity index (χ3v) is 4.57. The minimum absolute atomic E-state index is 0.0159. The molecule has 6 heteroatoms. The molecule has 0 spiro atoms. The molecule has 132 valence electrons. The third kappa shape index (κ3) is 3.67. The molecule has 2 aromatic rings. The molecular weight excluding hydrogens is 329 g/mol. The molecule has 0 saturated carbocycles. The monoisotopic (exact) mass is 348 g/mol. The van der Waals surface area contributed by atoms with Crippen LogP contribution in [0.3, 0.4) is 0 Å². The summed E-state index contributed by atoms with van der Waals surface area (Å²) < 4.78 is 38.2. The summed E-state index contributed by atoms with van der Waals surface area (Å²) in [6, 6.07) is 5.06. The van der Waals surface area contributed by atoms with Crippen LogP contribution in [-0.4, -0.2) is 10.9 Å². The average Bonchev–Trinajstić information content (AvgIpc) is 2.61. The van der Waals surface area contributed by atoms with Crippen LogP contribution in [0.4, 0.5) is 13.2 Å². The highest BCUT2D eigenvalue weighted by molar-refractivity contribution is 5.76. The highest BCUT2D eigenvalue weighted by Gasteiger charge is 2.30. The van der Waals surface area contributed by atoms with E-state index in [0.29, 0.717) is 12.0 Å². The van der Waals surface area contributed by atoms with E-state index in [2.05, 4.69) is 10.3 Å². The van der Waals surface area contributed by atoms with Gasteiger partial charge in [-0.1, -0.05) is 19.1 Å². The van der Waals surface area contributed by atoms with Crippen LogP contribution >= 0.6 is 0 Å². The summed E-state index contributed by atoms with van der Waals surface area (Å²) in [6.07, 6.45) is 2.09. The Morgan fingerprint density at radius 3 is 2.60 bits per heavy atom. The number of aromatic nitrogens is 1. The number of nitrogens with zero attached hydrogens (tertiary/aromatic N) is 1. The topological polar surface area (TPSA) is 42.0 Å². The molecule has 1 N–H and O–H groups in total. The fourth-order valence-corrected chi connectivity index (χ4v) is 3.26. The van der Waals surface area contributed by atoms with Crippen molar-refractivity contribution in [2.24, 2.45) is 0 Å². The molecule has 1 aliphatic rings. The van der Waals surface area contributed by atoms with Gasteiger partial charge in [-0.05, 0) is 48.1 Å². The van der Waals surface area contributed by atoms with Crippen molar-refractivity contribution in [2.45, 2.75) is 44.8 Å². The number of fused-ring (bicyclic) bond motifs is 1. The van der Waals surface area contributed by atoms with Crippen molar-refractivity contribution in [3.05, 3.63) is 53.3 Å². The molecular formula is C19H19F3N2O. The number of nitrogens with one attached hydrogen (secondary N) is 1. The van der Waals surface area contributed by atoms with Gasteiger partial charge in [0.05, 0.1) is 11.6 Å². The molecule has 1 unspecified atom stereocenters. The number of carbonyl (C=O) groups is 1. The zero-order valence-electron chi connectivity index (χ0n) is 13.9. The maximum atomic E-state index is 12.7. The smallest absolute Gasteiger partial charge is 0.349 e. The van der Waals surface area contributed by atoms with E-state index in [1.165, 1.54) is 12.1 Å².